The summed E-state index contributed by atoms with van der Waals surface area (Å²) in [5, 5.41) is 4.26. The number of hydrogen-bond acceptors (Lipinski definition) is 6. The van der Waals surface area contributed by atoms with E-state index in [9.17, 15) is 4.79 Å². The van der Waals surface area contributed by atoms with Crippen LogP contribution in [-0.2, 0) is 4.79 Å². The Hall–Kier alpha value is -2.96. The largest absolute Gasteiger partial charge is 0.340 e. The first-order valence-corrected chi connectivity index (χ1v) is 9.96. The van der Waals surface area contributed by atoms with E-state index in [1.54, 1.807) is 24.4 Å². The highest BCUT2D eigenvalue weighted by atomic mass is 16.2. The number of carbonyl (C=O) groups excluding carboxylic acids is 1. The molecule has 1 amide bonds. The van der Waals surface area contributed by atoms with Gasteiger partial charge in [0.25, 0.3) is 0 Å². The van der Waals surface area contributed by atoms with Crippen LogP contribution in [0.1, 0.15) is 44.6 Å². The number of rotatable bonds is 5. The SMILES string of the molecule is CCC1C(=O)N(C)c2cnc(N/N=C/c3ccccc3)nc2N1C1CCCC1. The molecule has 1 aliphatic heterocycles. The Morgan fingerprint density at radius 3 is 2.71 bits per heavy atom. The van der Waals surface area contributed by atoms with Crippen LogP contribution in [0.2, 0.25) is 0 Å². The van der Waals surface area contributed by atoms with Crippen LogP contribution in [0.5, 0.6) is 0 Å². The lowest BCUT2D eigenvalue weighted by Crippen LogP contribution is -2.55. The molecule has 0 radical (unpaired) electrons. The van der Waals surface area contributed by atoms with Crippen LogP contribution >= 0.6 is 0 Å². The molecule has 2 aromatic rings. The van der Waals surface area contributed by atoms with Crippen LogP contribution in [0, 0.1) is 0 Å². The van der Waals surface area contributed by atoms with Gasteiger partial charge in [-0.2, -0.15) is 10.1 Å². The van der Waals surface area contributed by atoms with Crippen LogP contribution in [-0.4, -0.2) is 41.2 Å². The van der Waals surface area contributed by atoms with Crippen LogP contribution < -0.4 is 15.2 Å². The Morgan fingerprint density at radius 1 is 1.25 bits per heavy atom. The summed E-state index contributed by atoms with van der Waals surface area (Å²) in [6, 6.07) is 10.0. The lowest BCUT2D eigenvalue weighted by atomic mass is 10.0. The van der Waals surface area contributed by atoms with Crippen molar-refractivity contribution in [2.75, 3.05) is 22.3 Å². The zero-order valence-corrected chi connectivity index (χ0v) is 16.4. The maximum atomic E-state index is 12.9. The van der Waals surface area contributed by atoms with Crippen molar-refractivity contribution >= 4 is 29.6 Å². The van der Waals surface area contributed by atoms with Gasteiger partial charge in [0.2, 0.25) is 11.9 Å². The number of likely N-dealkylation sites (N-methyl/N-ethyl adjacent to an activating group) is 1. The number of aromatic nitrogens is 2. The smallest absolute Gasteiger partial charge is 0.249 e. The molecule has 0 spiro atoms. The van der Waals surface area contributed by atoms with Crippen molar-refractivity contribution in [2.24, 2.45) is 5.10 Å². The number of carbonyl (C=O) groups is 1. The summed E-state index contributed by atoms with van der Waals surface area (Å²) < 4.78 is 0. The Bertz CT molecular complexity index is 862. The van der Waals surface area contributed by atoms with E-state index in [-0.39, 0.29) is 11.9 Å². The van der Waals surface area contributed by atoms with Crippen LogP contribution in [0.4, 0.5) is 17.5 Å². The minimum atomic E-state index is -0.170. The summed E-state index contributed by atoms with van der Waals surface area (Å²) in [7, 11) is 1.81. The van der Waals surface area contributed by atoms with Crippen molar-refractivity contribution in [2.45, 2.75) is 51.1 Å². The third-order valence-electron chi connectivity index (χ3n) is 5.59. The number of nitrogens with one attached hydrogen (secondary N) is 1. The fourth-order valence-electron chi connectivity index (χ4n) is 4.14. The van der Waals surface area contributed by atoms with Crippen LogP contribution in [0.25, 0.3) is 0 Å². The molecule has 4 rings (SSSR count). The Kier molecular flexibility index (Phi) is 5.23. The second kappa shape index (κ2) is 7.96. The molecular weight excluding hydrogens is 352 g/mol. The fourth-order valence-corrected chi connectivity index (χ4v) is 4.14. The van der Waals surface area contributed by atoms with Gasteiger partial charge in [0.1, 0.15) is 11.7 Å². The maximum Gasteiger partial charge on any atom is 0.249 e. The zero-order valence-electron chi connectivity index (χ0n) is 16.4. The molecule has 0 bridgehead atoms. The standard InChI is InChI=1S/C21H26N6O/c1-3-17-20(28)26(2)18-14-22-21(25-23-13-15-9-5-4-6-10-15)24-19(18)27(17)16-11-7-8-12-16/h4-6,9-10,13-14,16-17H,3,7-8,11-12H2,1-2H3,(H,22,24,25)/b23-13+. The first kappa shape index (κ1) is 18.4. The van der Waals surface area contributed by atoms with Gasteiger partial charge in [0, 0.05) is 13.1 Å². The summed E-state index contributed by atoms with van der Waals surface area (Å²) in [5.41, 5.74) is 4.69. The van der Waals surface area contributed by atoms with Crippen LogP contribution in [0.3, 0.4) is 0 Å². The average molecular weight is 378 g/mol. The van der Waals surface area contributed by atoms with E-state index in [0.717, 1.165) is 36.3 Å². The first-order chi connectivity index (χ1) is 13.7. The maximum absolute atomic E-state index is 12.9. The van der Waals surface area contributed by atoms with Gasteiger partial charge in [-0.3, -0.25) is 4.79 Å². The number of amides is 1. The van der Waals surface area contributed by atoms with Gasteiger partial charge in [0.05, 0.1) is 12.4 Å². The van der Waals surface area contributed by atoms with Crippen molar-refractivity contribution in [1.82, 2.24) is 9.97 Å². The Morgan fingerprint density at radius 2 is 2.00 bits per heavy atom. The minimum Gasteiger partial charge on any atom is -0.340 e. The lowest BCUT2D eigenvalue weighted by molar-refractivity contribution is -0.120. The van der Waals surface area contributed by atoms with E-state index in [1.807, 2.05) is 30.3 Å². The van der Waals surface area contributed by atoms with Gasteiger partial charge in [-0.15, -0.1) is 0 Å². The first-order valence-electron chi connectivity index (χ1n) is 9.96. The van der Waals surface area contributed by atoms with E-state index < -0.39 is 0 Å². The molecule has 1 unspecified atom stereocenters. The highest BCUT2D eigenvalue weighted by molar-refractivity contribution is 6.04. The number of anilines is 3. The van der Waals surface area contributed by atoms with Gasteiger partial charge < -0.3 is 9.80 Å². The highest BCUT2D eigenvalue weighted by Crippen LogP contribution is 2.39. The van der Waals surface area contributed by atoms with Gasteiger partial charge >= 0.3 is 0 Å². The summed E-state index contributed by atoms with van der Waals surface area (Å²) in [5.74, 6) is 1.38. The molecule has 1 aromatic heterocycles. The quantitative estimate of drug-likeness (QED) is 0.637. The van der Waals surface area contributed by atoms with Crippen molar-refractivity contribution in [3.63, 3.8) is 0 Å². The highest BCUT2D eigenvalue weighted by Gasteiger charge is 2.41. The summed E-state index contributed by atoms with van der Waals surface area (Å²) in [6.07, 6.45) is 8.83. The molecule has 28 heavy (non-hydrogen) atoms. The zero-order chi connectivity index (χ0) is 19.5. The normalized spacial score (nSPS) is 20.1. The molecular formula is C21H26N6O. The summed E-state index contributed by atoms with van der Waals surface area (Å²) in [4.78, 5) is 25.9. The van der Waals surface area contributed by atoms with Crippen molar-refractivity contribution in [3.8, 4) is 0 Å². The van der Waals surface area contributed by atoms with Crippen molar-refractivity contribution in [1.29, 1.82) is 0 Å². The number of fused-ring (bicyclic) bond motifs is 1. The third-order valence-corrected chi connectivity index (χ3v) is 5.59. The molecule has 2 aliphatic rings. The lowest BCUT2D eigenvalue weighted by Gasteiger charge is -2.43. The molecule has 1 N–H and O–H groups in total. The van der Waals surface area contributed by atoms with Gasteiger partial charge in [0.15, 0.2) is 5.82 Å². The second-order valence-corrected chi connectivity index (χ2v) is 7.35. The van der Waals surface area contributed by atoms with Crippen molar-refractivity contribution in [3.05, 3.63) is 42.1 Å². The predicted molar refractivity (Wildman–Crippen MR) is 112 cm³/mol. The van der Waals surface area contributed by atoms with Crippen LogP contribution in [0.15, 0.2) is 41.6 Å². The molecule has 146 valence electrons. The number of benzene rings is 1. The van der Waals surface area contributed by atoms with E-state index in [0.29, 0.717) is 12.0 Å². The molecule has 1 aromatic carbocycles. The monoisotopic (exact) mass is 378 g/mol. The fraction of sp³-hybridized carbons (Fsp3) is 0.429. The molecule has 1 aliphatic carbocycles. The molecule has 1 saturated carbocycles. The number of nitrogens with zero attached hydrogens (tertiary/aromatic N) is 5. The molecule has 0 saturated heterocycles. The number of hydrogen-bond donors (Lipinski definition) is 1. The third kappa shape index (κ3) is 3.44. The van der Waals surface area contributed by atoms with Gasteiger partial charge in [-0.1, -0.05) is 50.1 Å². The molecule has 7 heteroatoms. The van der Waals surface area contributed by atoms with E-state index in [4.69, 9.17) is 4.98 Å². The van der Waals surface area contributed by atoms with E-state index >= 15 is 0 Å². The minimum absolute atomic E-state index is 0.119. The summed E-state index contributed by atoms with van der Waals surface area (Å²) in [6.45, 7) is 2.06. The van der Waals surface area contributed by atoms with Gasteiger partial charge in [-0.05, 0) is 24.8 Å². The molecule has 1 fully saturated rings. The molecule has 7 nitrogen and oxygen atoms in total. The average Bonchev–Trinajstić information content (AvgIpc) is 3.25. The Labute approximate surface area is 165 Å². The summed E-state index contributed by atoms with van der Waals surface area (Å²) >= 11 is 0. The second-order valence-electron chi connectivity index (χ2n) is 7.35. The van der Waals surface area contributed by atoms with E-state index in [1.165, 1.54) is 12.8 Å². The molecule has 1 atom stereocenters. The molecule has 2 heterocycles. The van der Waals surface area contributed by atoms with Gasteiger partial charge in [-0.25, -0.2) is 10.4 Å². The van der Waals surface area contributed by atoms with E-state index in [2.05, 4.69) is 27.3 Å². The Balaban J connectivity index is 1.64. The number of hydrazone groups is 1. The topological polar surface area (TPSA) is 73.7 Å². The predicted octanol–water partition coefficient (Wildman–Crippen LogP) is 3.43. The van der Waals surface area contributed by atoms with Crippen molar-refractivity contribution < 1.29 is 4.79 Å².